The number of carbonyl (C=O) groups is 1. The van der Waals surface area contributed by atoms with Gasteiger partial charge in [0.1, 0.15) is 11.3 Å². The Labute approximate surface area is 150 Å². The highest BCUT2D eigenvalue weighted by molar-refractivity contribution is 7.80. The Hall–Kier alpha value is -2.48. The number of unbranched alkanes of at least 4 members (excludes halogenated alkanes) is 2. The molecule has 0 saturated heterocycles. The first-order valence-corrected chi connectivity index (χ1v) is 8.38. The van der Waals surface area contributed by atoms with Gasteiger partial charge in [-0.05, 0) is 37.7 Å². The molecule has 25 heavy (non-hydrogen) atoms. The SMILES string of the molecule is CCCCCOc1ccc(NC(=S)NC(=O)c2cnoc2C)cc1F. The number of thiocarbonyl (C=S) groups is 1. The minimum absolute atomic E-state index is 0.0432. The van der Waals surface area contributed by atoms with Crippen LogP contribution in [0.25, 0.3) is 0 Å². The molecule has 0 fully saturated rings. The summed E-state index contributed by atoms with van der Waals surface area (Å²) in [6.45, 7) is 4.18. The van der Waals surface area contributed by atoms with E-state index in [-0.39, 0.29) is 16.4 Å². The lowest BCUT2D eigenvalue weighted by Crippen LogP contribution is -2.34. The number of ether oxygens (including phenoxy) is 1. The fraction of sp³-hybridized carbons (Fsp3) is 0.353. The van der Waals surface area contributed by atoms with E-state index >= 15 is 0 Å². The molecule has 8 heteroatoms. The van der Waals surface area contributed by atoms with Crippen LogP contribution in [0.4, 0.5) is 10.1 Å². The van der Waals surface area contributed by atoms with Gasteiger partial charge in [0.05, 0.1) is 12.8 Å². The molecule has 1 aromatic carbocycles. The summed E-state index contributed by atoms with van der Waals surface area (Å²) < 4.78 is 24.3. The Morgan fingerprint density at radius 2 is 2.20 bits per heavy atom. The van der Waals surface area contributed by atoms with Gasteiger partial charge in [-0.25, -0.2) is 4.39 Å². The first-order chi connectivity index (χ1) is 12.0. The first-order valence-electron chi connectivity index (χ1n) is 7.97. The van der Waals surface area contributed by atoms with Crippen LogP contribution in [0.2, 0.25) is 0 Å². The van der Waals surface area contributed by atoms with E-state index in [4.69, 9.17) is 21.5 Å². The molecule has 0 aliphatic rings. The molecule has 0 bridgehead atoms. The Balaban J connectivity index is 1.89. The van der Waals surface area contributed by atoms with Crippen molar-refractivity contribution in [3.8, 4) is 5.75 Å². The predicted octanol–water partition coefficient (Wildman–Crippen LogP) is 3.82. The van der Waals surface area contributed by atoms with Gasteiger partial charge in [0.15, 0.2) is 16.7 Å². The summed E-state index contributed by atoms with van der Waals surface area (Å²) in [5.74, 6) is -0.370. The van der Waals surface area contributed by atoms with Gasteiger partial charge < -0.3 is 14.6 Å². The van der Waals surface area contributed by atoms with Crippen LogP contribution in [0.15, 0.2) is 28.9 Å². The Morgan fingerprint density at radius 3 is 2.84 bits per heavy atom. The fourth-order valence-electron chi connectivity index (χ4n) is 2.08. The van der Waals surface area contributed by atoms with Crippen LogP contribution < -0.4 is 15.4 Å². The fourth-order valence-corrected chi connectivity index (χ4v) is 2.29. The molecule has 0 unspecified atom stereocenters. The van der Waals surface area contributed by atoms with E-state index in [0.29, 0.717) is 18.1 Å². The third-order valence-corrected chi connectivity index (χ3v) is 3.62. The molecular formula is C17H20FN3O3S. The number of nitrogens with zero attached hydrogens (tertiary/aromatic N) is 1. The van der Waals surface area contributed by atoms with Crippen LogP contribution in [-0.2, 0) is 0 Å². The lowest BCUT2D eigenvalue weighted by Gasteiger charge is -2.11. The topological polar surface area (TPSA) is 76.4 Å². The van der Waals surface area contributed by atoms with E-state index in [1.54, 1.807) is 13.0 Å². The zero-order valence-electron chi connectivity index (χ0n) is 14.1. The van der Waals surface area contributed by atoms with Crippen LogP contribution in [-0.4, -0.2) is 22.8 Å². The minimum atomic E-state index is -0.495. The summed E-state index contributed by atoms with van der Waals surface area (Å²) in [6.07, 6.45) is 4.30. The minimum Gasteiger partial charge on any atom is -0.491 e. The maximum Gasteiger partial charge on any atom is 0.262 e. The number of aryl methyl sites for hydroxylation is 1. The van der Waals surface area contributed by atoms with Crippen LogP contribution >= 0.6 is 12.2 Å². The Kier molecular flexibility index (Phi) is 6.88. The smallest absolute Gasteiger partial charge is 0.262 e. The maximum atomic E-state index is 14.0. The van der Waals surface area contributed by atoms with E-state index in [9.17, 15) is 9.18 Å². The molecule has 0 saturated carbocycles. The number of carbonyl (C=O) groups excluding carboxylic acids is 1. The van der Waals surface area contributed by atoms with Crippen molar-refractivity contribution >= 4 is 28.9 Å². The van der Waals surface area contributed by atoms with E-state index < -0.39 is 11.7 Å². The molecule has 0 atom stereocenters. The third-order valence-electron chi connectivity index (χ3n) is 3.42. The average Bonchev–Trinajstić information content (AvgIpc) is 2.99. The van der Waals surface area contributed by atoms with Crippen molar-refractivity contribution in [2.75, 3.05) is 11.9 Å². The molecule has 0 aliphatic carbocycles. The lowest BCUT2D eigenvalue weighted by molar-refractivity contribution is 0.0976. The van der Waals surface area contributed by atoms with Gasteiger partial charge in [-0.3, -0.25) is 10.1 Å². The van der Waals surface area contributed by atoms with Gasteiger partial charge in [0.2, 0.25) is 0 Å². The van der Waals surface area contributed by atoms with Gasteiger partial charge in [-0.1, -0.05) is 24.9 Å². The maximum absolute atomic E-state index is 14.0. The van der Waals surface area contributed by atoms with Gasteiger partial charge >= 0.3 is 0 Å². The highest BCUT2D eigenvalue weighted by Gasteiger charge is 2.14. The van der Waals surface area contributed by atoms with Crippen LogP contribution in [0.3, 0.4) is 0 Å². The number of hydrogen-bond donors (Lipinski definition) is 2. The number of rotatable bonds is 7. The molecule has 2 N–H and O–H groups in total. The van der Waals surface area contributed by atoms with Gasteiger partial charge in [-0.15, -0.1) is 0 Å². The second kappa shape index (κ2) is 9.12. The molecule has 6 nitrogen and oxygen atoms in total. The van der Waals surface area contributed by atoms with Crippen LogP contribution in [0.1, 0.15) is 42.3 Å². The van der Waals surface area contributed by atoms with Crippen molar-refractivity contribution in [3.05, 3.63) is 41.5 Å². The van der Waals surface area contributed by atoms with E-state index in [1.165, 1.54) is 18.3 Å². The van der Waals surface area contributed by atoms with Crippen LogP contribution in [0.5, 0.6) is 5.75 Å². The quantitative estimate of drug-likeness (QED) is 0.574. The number of benzene rings is 1. The molecule has 1 amide bonds. The standard InChI is InChI=1S/C17H20FN3O3S/c1-3-4-5-8-23-15-7-6-12(9-14(15)18)20-17(25)21-16(22)13-10-19-24-11(13)2/h6-7,9-10H,3-5,8H2,1-2H3,(H2,20,21,22,25). The monoisotopic (exact) mass is 365 g/mol. The summed E-state index contributed by atoms with van der Waals surface area (Å²) in [6, 6.07) is 4.41. The van der Waals surface area contributed by atoms with E-state index in [2.05, 4.69) is 22.7 Å². The van der Waals surface area contributed by atoms with Gasteiger partial charge in [0.25, 0.3) is 5.91 Å². The summed E-state index contributed by atoms with van der Waals surface area (Å²) in [5, 5.41) is 8.80. The Bertz CT molecular complexity index is 748. The number of amides is 1. The van der Waals surface area contributed by atoms with Gasteiger partial charge in [0, 0.05) is 11.8 Å². The second-order valence-corrected chi connectivity index (χ2v) is 5.81. The molecule has 2 rings (SSSR count). The summed E-state index contributed by atoms with van der Waals surface area (Å²) in [4.78, 5) is 12.0. The molecule has 1 heterocycles. The van der Waals surface area contributed by atoms with Gasteiger partial charge in [-0.2, -0.15) is 0 Å². The second-order valence-electron chi connectivity index (χ2n) is 5.40. The zero-order valence-corrected chi connectivity index (χ0v) is 14.9. The van der Waals surface area contributed by atoms with Crippen LogP contribution in [0, 0.1) is 12.7 Å². The first kappa shape index (κ1) is 18.9. The highest BCUT2D eigenvalue weighted by Crippen LogP contribution is 2.21. The Morgan fingerprint density at radius 1 is 1.40 bits per heavy atom. The number of hydrogen-bond acceptors (Lipinski definition) is 5. The highest BCUT2D eigenvalue weighted by atomic mass is 32.1. The molecule has 2 aromatic rings. The zero-order chi connectivity index (χ0) is 18.2. The van der Waals surface area contributed by atoms with Crippen molar-refractivity contribution in [1.29, 1.82) is 0 Å². The molecule has 0 spiro atoms. The third kappa shape index (κ3) is 5.53. The molecule has 0 aliphatic heterocycles. The summed E-state index contributed by atoms with van der Waals surface area (Å²) in [7, 11) is 0. The van der Waals surface area contributed by atoms with Crippen molar-refractivity contribution in [2.24, 2.45) is 0 Å². The van der Waals surface area contributed by atoms with Crippen molar-refractivity contribution in [1.82, 2.24) is 10.5 Å². The molecule has 134 valence electrons. The molecule has 1 aromatic heterocycles. The number of halogens is 1. The van der Waals surface area contributed by atoms with Crippen molar-refractivity contribution < 1.29 is 18.4 Å². The largest absolute Gasteiger partial charge is 0.491 e. The number of aromatic nitrogens is 1. The molecular weight excluding hydrogens is 345 g/mol. The normalized spacial score (nSPS) is 10.4. The van der Waals surface area contributed by atoms with Crippen molar-refractivity contribution in [2.45, 2.75) is 33.1 Å². The van der Waals surface area contributed by atoms with Crippen molar-refractivity contribution in [3.63, 3.8) is 0 Å². The molecule has 0 radical (unpaired) electrons. The number of anilines is 1. The van der Waals surface area contributed by atoms with E-state index in [0.717, 1.165) is 19.3 Å². The number of nitrogens with one attached hydrogen (secondary N) is 2. The van der Waals surface area contributed by atoms with E-state index in [1.807, 2.05) is 0 Å². The lowest BCUT2D eigenvalue weighted by atomic mass is 10.2. The summed E-state index contributed by atoms with van der Waals surface area (Å²) in [5.41, 5.74) is 0.692. The summed E-state index contributed by atoms with van der Waals surface area (Å²) >= 11 is 5.06. The predicted molar refractivity (Wildman–Crippen MR) is 96.3 cm³/mol. The average molecular weight is 365 g/mol.